The molecule has 0 saturated carbocycles. The number of aromatic nitrogens is 6. The van der Waals surface area contributed by atoms with Gasteiger partial charge in [-0.25, -0.2) is 9.78 Å². The molecule has 1 N–H and O–H groups in total. The van der Waals surface area contributed by atoms with E-state index in [1.165, 1.54) is 29.5 Å². The lowest BCUT2D eigenvalue weighted by atomic mass is 9.76. The fourth-order valence-electron chi connectivity index (χ4n) is 4.92. The van der Waals surface area contributed by atoms with E-state index in [4.69, 9.17) is 4.74 Å². The van der Waals surface area contributed by atoms with Crippen molar-refractivity contribution in [3.05, 3.63) is 36.2 Å². The molecule has 5 rings (SSSR count). The van der Waals surface area contributed by atoms with Gasteiger partial charge in [0.05, 0.1) is 29.2 Å². The quantitative estimate of drug-likeness (QED) is 0.613. The van der Waals surface area contributed by atoms with Crippen molar-refractivity contribution in [2.45, 2.75) is 38.3 Å². The Labute approximate surface area is 183 Å². The van der Waals surface area contributed by atoms with Crippen LogP contribution in [0.5, 0.6) is 0 Å². The summed E-state index contributed by atoms with van der Waals surface area (Å²) in [5, 5.41) is 21.5. The maximum absolute atomic E-state index is 13.3. The van der Waals surface area contributed by atoms with Gasteiger partial charge in [-0.3, -0.25) is 9.78 Å². The first-order valence-electron chi connectivity index (χ1n) is 10.6. The maximum Gasteiger partial charge on any atom is 0.333 e. The molecule has 0 radical (unpaired) electrons. The third-order valence-corrected chi connectivity index (χ3v) is 6.58. The van der Waals surface area contributed by atoms with Gasteiger partial charge in [-0.15, -0.1) is 5.10 Å². The fraction of sp³-hybridized carbons (Fsp3) is 0.550. The molecule has 0 aromatic carbocycles. The molecule has 12 nitrogen and oxygen atoms in total. The number of aliphatic hydroxyl groups excluding tert-OH is 1. The number of β-amino-alcohol motifs (C(OH)–C–C–N with tert-alkyl or cyclic N) is 1. The highest BCUT2D eigenvalue weighted by Crippen LogP contribution is 2.46. The molecule has 2 saturated heterocycles. The molecule has 5 heterocycles. The summed E-state index contributed by atoms with van der Waals surface area (Å²) in [6.07, 6.45) is 7.27. The number of ether oxygens (including phenoxy) is 1. The van der Waals surface area contributed by atoms with Gasteiger partial charge in [-0.1, -0.05) is 0 Å². The second-order valence-electron chi connectivity index (χ2n) is 8.62. The van der Waals surface area contributed by atoms with E-state index >= 15 is 0 Å². The Morgan fingerprint density at radius 2 is 2.06 bits per heavy atom. The summed E-state index contributed by atoms with van der Waals surface area (Å²) in [4.78, 5) is 37.2. The highest BCUT2D eigenvalue weighted by atomic mass is 16.5. The van der Waals surface area contributed by atoms with E-state index < -0.39 is 11.5 Å². The van der Waals surface area contributed by atoms with Crippen molar-refractivity contribution in [3.8, 4) is 5.82 Å². The van der Waals surface area contributed by atoms with Crippen LogP contribution in [0.15, 0.2) is 30.5 Å². The minimum atomic E-state index is -0.791. The number of nitrogens with zero attached hydrogens (tertiary/aromatic N) is 8. The van der Waals surface area contributed by atoms with Crippen LogP contribution in [-0.4, -0.2) is 89.2 Å². The molecule has 0 bridgehead atoms. The van der Waals surface area contributed by atoms with E-state index in [-0.39, 0.29) is 24.5 Å². The molecule has 1 spiro atoms. The van der Waals surface area contributed by atoms with Crippen LogP contribution < -0.4 is 0 Å². The van der Waals surface area contributed by atoms with E-state index in [9.17, 15) is 14.7 Å². The molecule has 1 amide bonds. The number of carbonyl (C=O) groups excluding carboxylic acids is 2. The number of amides is 1. The van der Waals surface area contributed by atoms with E-state index in [1.54, 1.807) is 4.90 Å². The SMILES string of the molecule is C[C@H]1CC2(CCN(C[C@H](O)c3cnc(-n4cnnn4)cn3)CC2)C(=O)N1C1=CC(=O)OC1. The highest BCUT2D eigenvalue weighted by Gasteiger charge is 2.52. The molecule has 2 aromatic heterocycles. The van der Waals surface area contributed by atoms with Crippen LogP contribution in [0.1, 0.15) is 38.0 Å². The molecule has 2 fully saturated rings. The zero-order valence-electron chi connectivity index (χ0n) is 17.7. The molecule has 2 aromatic rings. The van der Waals surface area contributed by atoms with Gasteiger partial charge in [0.2, 0.25) is 5.91 Å². The number of likely N-dealkylation sites (tertiary alicyclic amines) is 2. The zero-order chi connectivity index (χ0) is 22.3. The van der Waals surface area contributed by atoms with Crippen molar-refractivity contribution < 1.29 is 19.4 Å². The number of hydrogen-bond donors (Lipinski definition) is 1. The lowest BCUT2D eigenvalue weighted by Crippen LogP contribution is -2.45. The summed E-state index contributed by atoms with van der Waals surface area (Å²) < 4.78 is 6.39. The number of aliphatic hydroxyl groups is 1. The van der Waals surface area contributed by atoms with Crippen LogP contribution >= 0.6 is 0 Å². The maximum atomic E-state index is 13.3. The first-order valence-corrected chi connectivity index (χ1v) is 10.6. The summed E-state index contributed by atoms with van der Waals surface area (Å²) in [7, 11) is 0. The Morgan fingerprint density at radius 3 is 2.69 bits per heavy atom. The number of rotatable bonds is 5. The van der Waals surface area contributed by atoms with Crippen molar-refractivity contribution in [2.75, 3.05) is 26.2 Å². The summed E-state index contributed by atoms with van der Waals surface area (Å²) in [6, 6.07) is 0.0364. The Bertz CT molecular complexity index is 1030. The summed E-state index contributed by atoms with van der Waals surface area (Å²) in [5.74, 6) is 0.159. The van der Waals surface area contributed by atoms with E-state index in [1.807, 2.05) is 6.92 Å². The Kier molecular flexibility index (Phi) is 5.18. The van der Waals surface area contributed by atoms with Gasteiger partial charge in [0.25, 0.3) is 0 Å². The van der Waals surface area contributed by atoms with E-state index in [2.05, 4.69) is 30.4 Å². The van der Waals surface area contributed by atoms with Crippen LogP contribution in [0.3, 0.4) is 0 Å². The summed E-state index contributed by atoms with van der Waals surface area (Å²) in [5.41, 5.74) is 0.711. The monoisotopic (exact) mass is 440 g/mol. The standard InChI is InChI=1S/C20H24N8O4/c1-13-7-20(19(31)28(13)14-6-18(30)32-11-14)2-4-26(5-3-20)10-16(29)15-8-22-17(9-21-15)27-12-23-24-25-27/h6,8-9,12-13,16,29H,2-5,7,10-11H2,1H3/t13-,16-/m0/s1. The van der Waals surface area contributed by atoms with Gasteiger partial charge >= 0.3 is 5.97 Å². The topological polar surface area (TPSA) is 139 Å². The van der Waals surface area contributed by atoms with Crippen molar-refractivity contribution in [2.24, 2.45) is 5.41 Å². The molecule has 32 heavy (non-hydrogen) atoms. The minimum Gasteiger partial charge on any atom is -0.456 e. The van der Waals surface area contributed by atoms with E-state index in [0.29, 0.717) is 49.7 Å². The van der Waals surface area contributed by atoms with Gasteiger partial charge in [0.15, 0.2) is 5.82 Å². The van der Waals surface area contributed by atoms with Crippen LogP contribution in [-0.2, 0) is 14.3 Å². The Balaban J connectivity index is 1.19. The number of hydrogen-bond acceptors (Lipinski definition) is 10. The number of carbonyl (C=O) groups is 2. The number of tetrazole rings is 1. The van der Waals surface area contributed by atoms with E-state index in [0.717, 1.165) is 6.42 Å². The molecular weight excluding hydrogens is 416 g/mol. The lowest BCUT2D eigenvalue weighted by Gasteiger charge is -2.38. The molecule has 12 heteroatoms. The van der Waals surface area contributed by atoms with Crippen molar-refractivity contribution in [1.82, 2.24) is 40.0 Å². The smallest absolute Gasteiger partial charge is 0.333 e. The molecule has 0 unspecified atom stereocenters. The number of cyclic esters (lactones) is 1. The van der Waals surface area contributed by atoms with Crippen molar-refractivity contribution >= 4 is 11.9 Å². The average Bonchev–Trinajstić information content (AvgIpc) is 3.52. The fourth-order valence-corrected chi connectivity index (χ4v) is 4.92. The predicted molar refractivity (Wildman–Crippen MR) is 108 cm³/mol. The second-order valence-corrected chi connectivity index (χ2v) is 8.62. The number of piperidine rings is 1. The molecule has 2 atom stereocenters. The highest BCUT2D eigenvalue weighted by molar-refractivity contribution is 5.91. The van der Waals surface area contributed by atoms with Crippen LogP contribution in [0.4, 0.5) is 0 Å². The largest absolute Gasteiger partial charge is 0.456 e. The summed E-state index contributed by atoms with van der Waals surface area (Å²) in [6.45, 7) is 4.00. The van der Waals surface area contributed by atoms with Gasteiger partial charge in [-0.2, -0.15) is 4.68 Å². The second kappa shape index (κ2) is 8.02. The summed E-state index contributed by atoms with van der Waals surface area (Å²) >= 11 is 0. The predicted octanol–water partition coefficient (Wildman–Crippen LogP) is -0.371. The van der Waals surface area contributed by atoms with Gasteiger partial charge in [0, 0.05) is 18.7 Å². The zero-order valence-corrected chi connectivity index (χ0v) is 17.7. The van der Waals surface area contributed by atoms with Crippen LogP contribution in [0.25, 0.3) is 5.82 Å². The minimum absolute atomic E-state index is 0.0364. The number of esters is 1. The third kappa shape index (κ3) is 3.65. The normalized spacial score (nSPS) is 24.1. The lowest BCUT2D eigenvalue weighted by molar-refractivity contribution is -0.139. The van der Waals surface area contributed by atoms with Crippen molar-refractivity contribution in [1.29, 1.82) is 0 Å². The molecular formula is C20H24N8O4. The van der Waals surface area contributed by atoms with Crippen LogP contribution in [0.2, 0.25) is 0 Å². The average molecular weight is 440 g/mol. The van der Waals surface area contributed by atoms with Gasteiger partial charge in [0.1, 0.15) is 19.0 Å². The van der Waals surface area contributed by atoms with Gasteiger partial charge < -0.3 is 19.6 Å². The van der Waals surface area contributed by atoms with Crippen molar-refractivity contribution in [3.63, 3.8) is 0 Å². The molecule has 3 aliphatic heterocycles. The molecule has 168 valence electrons. The first kappa shape index (κ1) is 20.6. The third-order valence-electron chi connectivity index (χ3n) is 6.58. The Morgan fingerprint density at radius 1 is 1.25 bits per heavy atom. The van der Waals surface area contributed by atoms with Gasteiger partial charge in [-0.05, 0) is 49.7 Å². The molecule has 3 aliphatic rings. The molecule has 0 aliphatic carbocycles. The van der Waals surface area contributed by atoms with Crippen LogP contribution in [0, 0.1) is 5.41 Å². The first-order chi connectivity index (χ1) is 15.4. The Hall–Kier alpha value is -3.25.